The highest BCUT2D eigenvalue weighted by atomic mass is 79.9. The monoisotopic (exact) mass is 327 g/mol. The molecule has 1 aromatic rings. The van der Waals surface area contributed by atoms with Crippen molar-refractivity contribution in [3.05, 3.63) is 22.3 Å². The van der Waals surface area contributed by atoms with Crippen LogP contribution in [0.4, 0.5) is 5.82 Å². The molecule has 0 aliphatic heterocycles. The van der Waals surface area contributed by atoms with E-state index >= 15 is 0 Å². The Labute approximate surface area is 123 Å². The van der Waals surface area contributed by atoms with Crippen LogP contribution in [0.5, 0.6) is 0 Å². The van der Waals surface area contributed by atoms with Crippen LogP contribution in [0.15, 0.2) is 16.7 Å². The minimum atomic E-state index is -0.0684. The first-order chi connectivity index (χ1) is 9.12. The van der Waals surface area contributed by atoms with Gasteiger partial charge in [0.1, 0.15) is 5.82 Å². The number of hydrogen-bond acceptors (Lipinski definition) is 3. The van der Waals surface area contributed by atoms with Crippen molar-refractivity contribution in [2.45, 2.75) is 46.1 Å². The van der Waals surface area contributed by atoms with Gasteiger partial charge >= 0.3 is 0 Å². The van der Waals surface area contributed by atoms with E-state index in [1.807, 2.05) is 6.07 Å². The van der Waals surface area contributed by atoms with Gasteiger partial charge in [-0.15, -0.1) is 0 Å². The molecule has 0 atom stereocenters. The molecule has 0 saturated heterocycles. The van der Waals surface area contributed by atoms with Gasteiger partial charge in [-0.2, -0.15) is 0 Å². The number of aromatic nitrogens is 1. The van der Waals surface area contributed by atoms with E-state index in [4.69, 9.17) is 0 Å². The van der Waals surface area contributed by atoms with Crippen LogP contribution in [0, 0.1) is 0 Å². The Balaban J connectivity index is 2.89. The molecule has 0 bridgehead atoms. The number of nitrogens with zero attached hydrogens (tertiary/aromatic N) is 1. The molecule has 0 unspecified atom stereocenters. The first-order valence-corrected chi connectivity index (χ1v) is 7.61. The molecule has 0 saturated carbocycles. The predicted octanol–water partition coefficient (Wildman–Crippen LogP) is 3.58. The minimum absolute atomic E-state index is 0.0684. The fraction of sp³-hybridized carbons (Fsp3) is 0.571. The second kappa shape index (κ2) is 8.15. The number of anilines is 1. The van der Waals surface area contributed by atoms with Crippen molar-refractivity contribution < 1.29 is 4.79 Å². The highest BCUT2D eigenvalue weighted by molar-refractivity contribution is 9.10. The molecule has 1 amide bonds. The number of amides is 1. The number of hydrogen-bond donors (Lipinski definition) is 2. The Morgan fingerprint density at radius 2 is 2.05 bits per heavy atom. The number of rotatable bonds is 7. The Hall–Kier alpha value is -1.10. The van der Waals surface area contributed by atoms with Gasteiger partial charge in [-0.1, -0.05) is 20.8 Å². The summed E-state index contributed by atoms with van der Waals surface area (Å²) >= 11 is 3.36. The fourth-order valence-electron chi connectivity index (χ4n) is 1.75. The number of carbonyl (C=O) groups excluding carboxylic acids is 1. The van der Waals surface area contributed by atoms with Gasteiger partial charge in [0.15, 0.2) is 0 Å². The minimum Gasteiger partial charge on any atom is -0.369 e. The maximum Gasteiger partial charge on any atom is 0.255 e. The summed E-state index contributed by atoms with van der Waals surface area (Å²) in [5, 5.41) is 6.22. The molecule has 0 spiro atoms. The third-order valence-corrected chi connectivity index (χ3v) is 3.40. The first kappa shape index (κ1) is 16.0. The SMILES string of the molecule is CCCNc1ncc(Br)cc1C(=O)NC(CC)CC. The maximum absolute atomic E-state index is 12.3. The van der Waals surface area contributed by atoms with Gasteiger partial charge in [0.25, 0.3) is 5.91 Å². The van der Waals surface area contributed by atoms with Crippen molar-refractivity contribution >= 4 is 27.7 Å². The molecule has 106 valence electrons. The van der Waals surface area contributed by atoms with E-state index in [-0.39, 0.29) is 11.9 Å². The van der Waals surface area contributed by atoms with Gasteiger partial charge in [-0.25, -0.2) is 4.98 Å². The average molecular weight is 328 g/mol. The van der Waals surface area contributed by atoms with E-state index in [9.17, 15) is 4.79 Å². The first-order valence-electron chi connectivity index (χ1n) is 6.82. The van der Waals surface area contributed by atoms with Crippen molar-refractivity contribution in [1.82, 2.24) is 10.3 Å². The molecule has 0 aromatic carbocycles. The van der Waals surface area contributed by atoms with Gasteiger partial charge < -0.3 is 10.6 Å². The quantitative estimate of drug-likeness (QED) is 0.804. The van der Waals surface area contributed by atoms with Crippen LogP contribution in [0.25, 0.3) is 0 Å². The second-order valence-corrected chi connectivity index (χ2v) is 5.38. The maximum atomic E-state index is 12.3. The normalized spacial score (nSPS) is 10.6. The van der Waals surface area contributed by atoms with Gasteiger partial charge in [0, 0.05) is 23.3 Å². The van der Waals surface area contributed by atoms with E-state index in [1.54, 1.807) is 6.20 Å². The van der Waals surface area contributed by atoms with Crippen LogP contribution in [0.3, 0.4) is 0 Å². The summed E-state index contributed by atoms with van der Waals surface area (Å²) in [6.07, 6.45) is 4.56. The molecule has 4 nitrogen and oxygen atoms in total. The molecule has 1 aromatic heterocycles. The summed E-state index contributed by atoms with van der Waals surface area (Å²) < 4.78 is 0.809. The summed E-state index contributed by atoms with van der Waals surface area (Å²) in [5.41, 5.74) is 0.592. The van der Waals surface area contributed by atoms with Gasteiger partial charge in [-0.3, -0.25) is 4.79 Å². The third kappa shape index (κ3) is 4.82. The summed E-state index contributed by atoms with van der Waals surface area (Å²) in [4.78, 5) is 16.6. The Kier molecular flexibility index (Phi) is 6.84. The standard InChI is InChI=1S/C14H22BrN3O/c1-4-7-16-13-12(8-10(15)9-17-13)14(19)18-11(5-2)6-3/h8-9,11H,4-7H2,1-3H3,(H,16,17)(H,18,19). The topological polar surface area (TPSA) is 54.0 Å². The van der Waals surface area contributed by atoms with Gasteiger partial charge in [0.05, 0.1) is 5.56 Å². The molecule has 0 fully saturated rings. The van der Waals surface area contributed by atoms with E-state index in [1.165, 1.54) is 0 Å². The predicted molar refractivity (Wildman–Crippen MR) is 82.6 cm³/mol. The van der Waals surface area contributed by atoms with E-state index in [0.717, 1.165) is 30.3 Å². The third-order valence-electron chi connectivity index (χ3n) is 2.96. The van der Waals surface area contributed by atoms with Crippen molar-refractivity contribution in [2.24, 2.45) is 0 Å². The van der Waals surface area contributed by atoms with Gasteiger partial charge in [0.2, 0.25) is 0 Å². The average Bonchev–Trinajstić information content (AvgIpc) is 2.43. The van der Waals surface area contributed by atoms with Crippen LogP contribution >= 0.6 is 15.9 Å². The number of pyridine rings is 1. The molecule has 19 heavy (non-hydrogen) atoms. The summed E-state index contributed by atoms with van der Waals surface area (Å²) in [7, 11) is 0. The zero-order valence-corrected chi connectivity index (χ0v) is 13.4. The van der Waals surface area contributed by atoms with Crippen LogP contribution in [-0.4, -0.2) is 23.5 Å². The molecule has 2 N–H and O–H groups in total. The van der Waals surface area contributed by atoms with E-state index in [2.05, 4.69) is 52.3 Å². The summed E-state index contributed by atoms with van der Waals surface area (Å²) in [5.74, 6) is 0.578. The highest BCUT2D eigenvalue weighted by Gasteiger charge is 2.15. The summed E-state index contributed by atoms with van der Waals surface area (Å²) in [6.45, 7) is 7.03. The molecular formula is C14H22BrN3O. The number of nitrogens with one attached hydrogen (secondary N) is 2. The zero-order valence-electron chi connectivity index (χ0n) is 11.8. The van der Waals surface area contributed by atoms with Crippen molar-refractivity contribution in [3.63, 3.8) is 0 Å². The van der Waals surface area contributed by atoms with Crippen LogP contribution in [-0.2, 0) is 0 Å². The van der Waals surface area contributed by atoms with Crippen molar-refractivity contribution in [3.8, 4) is 0 Å². The van der Waals surface area contributed by atoms with Crippen LogP contribution < -0.4 is 10.6 Å². The Bertz CT molecular complexity index is 419. The van der Waals surface area contributed by atoms with Crippen LogP contribution in [0.2, 0.25) is 0 Å². The summed E-state index contributed by atoms with van der Waals surface area (Å²) in [6, 6.07) is 2.02. The number of halogens is 1. The van der Waals surface area contributed by atoms with E-state index < -0.39 is 0 Å². The Morgan fingerprint density at radius 3 is 2.63 bits per heavy atom. The zero-order chi connectivity index (χ0) is 14.3. The lowest BCUT2D eigenvalue weighted by molar-refractivity contribution is 0.0935. The molecular weight excluding hydrogens is 306 g/mol. The highest BCUT2D eigenvalue weighted by Crippen LogP contribution is 2.18. The smallest absolute Gasteiger partial charge is 0.255 e. The second-order valence-electron chi connectivity index (χ2n) is 4.46. The van der Waals surface area contributed by atoms with E-state index in [0.29, 0.717) is 11.4 Å². The molecule has 0 radical (unpaired) electrons. The molecule has 1 heterocycles. The molecule has 0 aliphatic rings. The molecule has 1 rings (SSSR count). The lowest BCUT2D eigenvalue weighted by atomic mass is 10.1. The molecule has 5 heteroatoms. The van der Waals surface area contributed by atoms with Crippen molar-refractivity contribution in [1.29, 1.82) is 0 Å². The Morgan fingerprint density at radius 1 is 1.37 bits per heavy atom. The molecule has 0 aliphatic carbocycles. The van der Waals surface area contributed by atoms with Crippen molar-refractivity contribution in [2.75, 3.05) is 11.9 Å². The lowest BCUT2D eigenvalue weighted by Gasteiger charge is -2.16. The number of carbonyl (C=O) groups is 1. The largest absolute Gasteiger partial charge is 0.369 e. The fourth-order valence-corrected chi connectivity index (χ4v) is 2.08. The van der Waals surface area contributed by atoms with Gasteiger partial charge in [-0.05, 0) is 41.3 Å². The van der Waals surface area contributed by atoms with Crippen LogP contribution in [0.1, 0.15) is 50.4 Å². The lowest BCUT2D eigenvalue weighted by Crippen LogP contribution is -2.34.